The molecule has 1 aliphatic rings. The van der Waals surface area contributed by atoms with E-state index in [9.17, 15) is 14.0 Å². The molecule has 11 heteroatoms. The van der Waals surface area contributed by atoms with E-state index in [1.54, 1.807) is 29.8 Å². The Kier molecular flexibility index (Phi) is 7.84. The molecule has 0 bridgehead atoms. The fourth-order valence-electron chi connectivity index (χ4n) is 3.91. The van der Waals surface area contributed by atoms with Gasteiger partial charge in [-0.2, -0.15) is 0 Å². The number of benzene rings is 2. The maximum absolute atomic E-state index is 13.9. The van der Waals surface area contributed by atoms with Crippen LogP contribution in [0.25, 0.3) is 0 Å². The van der Waals surface area contributed by atoms with Gasteiger partial charge in [-0.25, -0.2) is 19.0 Å². The van der Waals surface area contributed by atoms with E-state index in [1.807, 2.05) is 6.92 Å². The zero-order chi connectivity index (χ0) is 24.9. The smallest absolute Gasteiger partial charge is 0.482 e. The van der Waals surface area contributed by atoms with Gasteiger partial charge in [0.25, 0.3) is 0 Å². The summed E-state index contributed by atoms with van der Waals surface area (Å²) in [6, 6.07) is 8.34. The number of carboxylic acid groups (broad SMARTS) is 1. The highest BCUT2D eigenvalue weighted by Crippen LogP contribution is 2.41. The predicted molar refractivity (Wildman–Crippen MR) is 126 cm³/mol. The minimum Gasteiger partial charge on any atom is -0.482 e. The Morgan fingerprint density at radius 2 is 2.09 bits per heavy atom. The van der Waals surface area contributed by atoms with E-state index >= 15 is 0 Å². The molecular weight excluding hydrogens is 499 g/mol. The standard InChI is InChI=1S/C24H22ClFN2O6S/c1-14-21(35-13-27-14)7-9-32-24(31)34-28-8-6-15-10-17(26)3-4-18(15)23(28)19-11-16(25)2-5-20(19)33-12-22(29)30/h2-5,10-11,13,23H,6-9,12H2,1H3,(H,29,30)/t23-/m0/s1. The van der Waals surface area contributed by atoms with Crippen LogP contribution >= 0.6 is 22.9 Å². The number of carbonyl (C=O) groups is 2. The van der Waals surface area contributed by atoms with Crippen molar-refractivity contribution in [3.63, 3.8) is 0 Å². The van der Waals surface area contributed by atoms with Gasteiger partial charge in [0.05, 0.1) is 23.9 Å². The molecule has 1 atom stereocenters. The zero-order valence-electron chi connectivity index (χ0n) is 18.7. The largest absolute Gasteiger partial charge is 0.527 e. The van der Waals surface area contributed by atoms with Crippen LogP contribution < -0.4 is 4.74 Å². The van der Waals surface area contributed by atoms with Crippen molar-refractivity contribution >= 4 is 35.1 Å². The molecule has 35 heavy (non-hydrogen) atoms. The highest BCUT2D eigenvalue weighted by molar-refractivity contribution is 7.09. The first-order valence-corrected chi connectivity index (χ1v) is 12.0. The van der Waals surface area contributed by atoms with Gasteiger partial charge in [-0.1, -0.05) is 17.7 Å². The lowest BCUT2D eigenvalue weighted by molar-refractivity contribution is -0.151. The minimum absolute atomic E-state index is 0.117. The highest BCUT2D eigenvalue weighted by Gasteiger charge is 2.34. The van der Waals surface area contributed by atoms with E-state index in [0.717, 1.165) is 16.1 Å². The molecule has 1 N–H and O–H groups in total. The van der Waals surface area contributed by atoms with Gasteiger partial charge < -0.3 is 19.4 Å². The third-order valence-corrected chi connectivity index (χ3v) is 6.72. The summed E-state index contributed by atoms with van der Waals surface area (Å²) in [4.78, 5) is 34.4. The molecule has 2 aromatic carbocycles. The van der Waals surface area contributed by atoms with Crippen LogP contribution in [0, 0.1) is 12.7 Å². The molecule has 0 saturated carbocycles. The number of aromatic nitrogens is 1. The van der Waals surface area contributed by atoms with Gasteiger partial charge in [-0.3, -0.25) is 0 Å². The molecule has 0 aliphatic carbocycles. The predicted octanol–water partition coefficient (Wildman–Crippen LogP) is 4.97. The summed E-state index contributed by atoms with van der Waals surface area (Å²) in [6.45, 7) is 1.68. The summed E-state index contributed by atoms with van der Waals surface area (Å²) in [6.07, 6.45) is 0.0410. The fourth-order valence-corrected chi connectivity index (χ4v) is 4.86. The molecule has 1 aromatic heterocycles. The molecule has 2 heterocycles. The Bertz CT molecular complexity index is 1240. The van der Waals surface area contributed by atoms with E-state index in [0.29, 0.717) is 29.0 Å². The molecule has 0 amide bonds. The second-order valence-corrected chi connectivity index (χ2v) is 9.18. The summed E-state index contributed by atoms with van der Waals surface area (Å²) in [5, 5.41) is 10.9. The summed E-state index contributed by atoms with van der Waals surface area (Å²) < 4.78 is 24.7. The number of hydrogen-bond donors (Lipinski definition) is 1. The third-order valence-electron chi connectivity index (χ3n) is 5.49. The van der Waals surface area contributed by atoms with Gasteiger partial charge >= 0.3 is 12.1 Å². The number of halogens is 2. The van der Waals surface area contributed by atoms with Gasteiger partial charge in [0.15, 0.2) is 6.61 Å². The van der Waals surface area contributed by atoms with Gasteiger partial charge in [-0.05, 0) is 54.8 Å². The monoisotopic (exact) mass is 520 g/mol. The number of thiazole rings is 1. The Morgan fingerprint density at radius 1 is 1.26 bits per heavy atom. The second-order valence-electron chi connectivity index (χ2n) is 7.80. The van der Waals surface area contributed by atoms with Crippen molar-refractivity contribution in [3.8, 4) is 5.75 Å². The minimum atomic E-state index is -1.15. The first kappa shape index (κ1) is 24.9. The van der Waals surface area contributed by atoms with Crippen LogP contribution in [0.4, 0.5) is 9.18 Å². The molecule has 0 unspecified atom stereocenters. The lowest BCUT2D eigenvalue weighted by Gasteiger charge is -2.36. The molecule has 8 nitrogen and oxygen atoms in total. The Labute approximate surface area is 209 Å². The third kappa shape index (κ3) is 6.08. The Balaban J connectivity index is 1.59. The van der Waals surface area contributed by atoms with Crippen LogP contribution in [0.5, 0.6) is 5.75 Å². The van der Waals surface area contributed by atoms with Crippen molar-refractivity contribution in [1.29, 1.82) is 0 Å². The van der Waals surface area contributed by atoms with Crippen molar-refractivity contribution in [2.45, 2.75) is 25.8 Å². The topological polar surface area (TPSA) is 98.2 Å². The molecule has 4 rings (SSSR count). The summed E-state index contributed by atoms with van der Waals surface area (Å²) in [5.74, 6) is -1.28. The SMILES string of the molecule is Cc1ncsc1CCOC(=O)ON1CCc2cc(F)ccc2[C@H]1c1cc(Cl)ccc1OCC(=O)O. The zero-order valence-corrected chi connectivity index (χ0v) is 20.3. The van der Waals surface area contributed by atoms with Gasteiger partial charge in [0, 0.05) is 28.4 Å². The number of fused-ring (bicyclic) bond motifs is 1. The van der Waals surface area contributed by atoms with E-state index in [2.05, 4.69) is 4.98 Å². The fraction of sp³-hybridized carbons (Fsp3) is 0.292. The number of aliphatic carboxylic acids is 1. The molecule has 1 aliphatic heterocycles. The Hall–Kier alpha value is -3.21. The first-order valence-electron chi connectivity index (χ1n) is 10.7. The van der Waals surface area contributed by atoms with Crippen LogP contribution in [-0.2, 0) is 27.2 Å². The lowest BCUT2D eigenvalue weighted by Crippen LogP contribution is -2.38. The summed E-state index contributed by atoms with van der Waals surface area (Å²) in [5.41, 5.74) is 4.50. The van der Waals surface area contributed by atoms with Crippen LogP contribution in [-0.4, -0.2) is 47.0 Å². The summed E-state index contributed by atoms with van der Waals surface area (Å²) >= 11 is 7.73. The van der Waals surface area contributed by atoms with E-state index < -0.39 is 24.8 Å². The average Bonchev–Trinajstić information content (AvgIpc) is 3.22. The highest BCUT2D eigenvalue weighted by atomic mass is 35.5. The van der Waals surface area contributed by atoms with Crippen LogP contribution in [0.3, 0.4) is 0 Å². The van der Waals surface area contributed by atoms with Crippen molar-refractivity contribution in [2.24, 2.45) is 0 Å². The van der Waals surface area contributed by atoms with Gasteiger partial charge in [-0.15, -0.1) is 16.4 Å². The maximum atomic E-state index is 13.9. The molecule has 3 aromatic rings. The molecular formula is C24H22ClFN2O6S. The van der Waals surface area contributed by atoms with E-state index in [-0.39, 0.29) is 24.7 Å². The number of hydroxylamine groups is 2. The van der Waals surface area contributed by atoms with Crippen molar-refractivity contribution < 1.29 is 33.4 Å². The lowest BCUT2D eigenvalue weighted by atomic mass is 9.89. The Morgan fingerprint density at radius 3 is 2.83 bits per heavy atom. The molecule has 0 saturated heterocycles. The van der Waals surface area contributed by atoms with Crippen LogP contribution in [0.2, 0.25) is 5.02 Å². The van der Waals surface area contributed by atoms with Gasteiger partial charge in [0.1, 0.15) is 11.6 Å². The molecule has 0 spiro atoms. The molecule has 0 fully saturated rings. The molecule has 184 valence electrons. The van der Waals surface area contributed by atoms with Gasteiger partial charge in [0.2, 0.25) is 0 Å². The second kappa shape index (κ2) is 11.0. The average molecular weight is 521 g/mol. The summed E-state index contributed by atoms with van der Waals surface area (Å²) in [7, 11) is 0. The van der Waals surface area contributed by atoms with E-state index in [1.165, 1.54) is 28.5 Å². The normalized spacial score (nSPS) is 15.3. The number of carboxylic acids is 1. The number of nitrogens with zero attached hydrogens (tertiary/aromatic N) is 2. The maximum Gasteiger partial charge on any atom is 0.527 e. The number of hydrogen-bond acceptors (Lipinski definition) is 8. The number of ether oxygens (including phenoxy) is 2. The number of aryl methyl sites for hydroxylation is 1. The number of carbonyl (C=O) groups excluding carboxylic acids is 1. The molecule has 0 radical (unpaired) electrons. The van der Waals surface area contributed by atoms with Crippen molar-refractivity contribution in [2.75, 3.05) is 19.8 Å². The first-order chi connectivity index (χ1) is 16.8. The van der Waals surface area contributed by atoms with Crippen LogP contribution in [0.1, 0.15) is 33.3 Å². The quantitative estimate of drug-likeness (QED) is 0.416. The van der Waals surface area contributed by atoms with Crippen molar-refractivity contribution in [3.05, 3.63) is 80.0 Å². The van der Waals surface area contributed by atoms with Crippen molar-refractivity contribution in [1.82, 2.24) is 10.0 Å². The van der Waals surface area contributed by atoms with E-state index in [4.69, 9.17) is 31.0 Å². The van der Waals surface area contributed by atoms with Crippen LogP contribution in [0.15, 0.2) is 41.9 Å². The number of rotatable bonds is 8.